The average Bonchev–Trinajstić information content (AvgIpc) is 2.45. The molecular formula is C14H24ClN5. The first kappa shape index (κ1) is 15.3. The lowest BCUT2D eigenvalue weighted by Crippen LogP contribution is -2.32. The molecule has 1 aromatic rings. The topological polar surface area (TPSA) is 45.2 Å². The van der Waals surface area contributed by atoms with Crippen LogP contribution >= 0.6 is 11.6 Å². The standard InChI is InChI=1S/C14H24ClN5/c1-11(2)7-10-19(3)13-16-12(15)17-14(18-13)20-8-5-4-6-9-20/h11H,4-10H2,1-3H3. The number of halogens is 1. The van der Waals surface area contributed by atoms with Crippen molar-refractivity contribution < 1.29 is 0 Å². The number of nitrogens with zero attached hydrogens (tertiary/aromatic N) is 5. The fraction of sp³-hybridized carbons (Fsp3) is 0.786. The minimum absolute atomic E-state index is 0.284. The van der Waals surface area contributed by atoms with E-state index in [4.69, 9.17) is 11.6 Å². The molecule has 1 aliphatic heterocycles. The van der Waals surface area contributed by atoms with Crippen molar-refractivity contribution >= 4 is 23.5 Å². The van der Waals surface area contributed by atoms with Crippen LogP contribution in [0.5, 0.6) is 0 Å². The van der Waals surface area contributed by atoms with E-state index in [1.807, 2.05) is 7.05 Å². The molecule has 0 aromatic carbocycles. The smallest absolute Gasteiger partial charge is 0.231 e. The maximum absolute atomic E-state index is 6.06. The van der Waals surface area contributed by atoms with Crippen molar-refractivity contribution in [3.05, 3.63) is 5.28 Å². The zero-order valence-electron chi connectivity index (χ0n) is 12.6. The van der Waals surface area contributed by atoms with Gasteiger partial charge in [-0.1, -0.05) is 13.8 Å². The van der Waals surface area contributed by atoms with Crippen molar-refractivity contribution in [1.29, 1.82) is 0 Å². The molecule has 5 nitrogen and oxygen atoms in total. The lowest BCUT2D eigenvalue weighted by atomic mass is 10.1. The van der Waals surface area contributed by atoms with E-state index >= 15 is 0 Å². The summed E-state index contributed by atoms with van der Waals surface area (Å²) >= 11 is 6.06. The number of aromatic nitrogens is 3. The van der Waals surface area contributed by atoms with Gasteiger partial charge in [-0.05, 0) is 43.2 Å². The van der Waals surface area contributed by atoms with Crippen molar-refractivity contribution in [3.8, 4) is 0 Å². The molecule has 0 bridgehead atoms. The van der Waals surface area contributed by atoms with Crippen LogP contribution in [0.4, 0.5) is 11.9 Å². The van der Waals surface area contributed by atoms with Gasteiger partial charge in [-0.25, -0.2) is 0 Å². The van der Waals surface area contributed by atoms with Gasteiger partial charge >= 0.3 is 0 Å². The third-order valence-corrected chi connectivity index (χ3v) is 3.78. The molecule has 1 fully saturated rings. The Morgan fingerprint density at radius 2 is 1.85 bits per heavy atom. The third kappa shape index (κ3) is 4.20. The maximum Gasteiger partial charge on any atom is 0.231 e. The van der Waals surface area contributed by atoms with Gasteiger partial charge in [0.15, 0.2) is 0 Å². The highest BCUT2D eigenvalue weighted by Crippen LogP contribution is 2.20. The lowest BCUT2D eigenvalue weighted by molar-refractivity contribution is 0.564. The highest BCUT2D eigenvalue weighted by molar-refractivity contribution is 6.28. The number of hydrogen-bond acceptors (Lipinski definition) is 5. The summed E-state index contributed by atoms with van der Waals surface area (Å²) in [5.41, 5.74) is 0. The Morgan fingerprint density at radius 3 is 2.50 bits per heavy atom. The number of hydrogen-bond donors (Lipinski definition) is 0. The van der Waals surface area contributed by atoms with Gasteiger partial charge < -0.3 is 9.80 Å². The van der Waals surface area contributed by atoms with Crippen molar-refractivity contribution in [2.45, 2.75) is 39.5 Å². The summed E-state index contributed by atoms with van der Waals surface area (Å²) in [5, 5.41) is 0.284. The molecule has 0 spiro atoms. The maximum atomic E-state index is 6.06. The highest BCUT2D eigenvalue weighted by Gasteiger charge is 2.17. The Kier molecular flexibility index (Phi) is 5.40. The van der Waals surface area contributed by atoms with Crippen LogP contribution in [0.3, 0.4) is 0 Å². The predicted octanol–water partition coefficient (Wildman–Crippen LogP) is 3.00. The molecule has 6 heteroatoms. The fourth-order valence-corrected chi connectivity index (χ4v) is 2.44. The minimum atomic E-state index is 0.284. The summed E-state index contributed by atoms with van der Waals surface area (Å²) in [4.78, 5) is 17.4. The van der Waals surface area contributed by atoms with Crippen molar-refractivity contribution in [1.82, 2.24) is 15.0 Å². The molecule has 20 heavy (non-hydrogen) atoms. The quantitative estimate of drug-likeness (QED) is 0.836. The Hall–Kier alpha value is -1.10. The first-order valence-corrected chi connectivity index (χ1v) is 7.81. The molecule has 1 aliphatic rings. The molecule has 0 N–H and O–H groups in total. The van der Waals surface area contributed by atoms with E-state index in [1.165, 1.54) is 19.3 Å². The van der Waals surface area contributed by atoms with Gasteiger partial charge in [0.1, 0.15) is 0 Å². The van der Waals surface area contributed by atoms with E-state index in [9.17, 15) is 0 Å². The summed E-state index contributed by atoms with van der Waals surface area (Å²) in [6.45, 7) is 7.38. The highest BCUT2D eigenvalue weighted by atomic mass is 35.5. The van der Waals surface area contributed by atoms with E-state index in [2.05, 4.69) is 38.6 Å². The van der Waals surface area contributed by atoms with E-state index in [0.717, 1.165) is 32.0 Å². The van der Waals surface area contributed by atoms with E-state index in [-0.39, 0.29) is 5.28 Å². The van der Waals surface area contributed by atoms with Crippen molar-refractivity contribution in [2.24, 2.45) is 5.92 Å². The molecule has 112 valence electrons. The first-order chi connectivity index (χ1) is 9.56. The fourth-order valence-electron chi connectivity index (χ4n) is 2.29. The number of piperidine rings is 1. The second kappa shape index (κ2) is 7.07. The second-order valence-corrected chi connectivity index (χ2v) is 6.19. The molecule has 0 saturated carbocycles. The van der Waals surface area contributed by atoms with Crippen molar-refractivity contribution in [2.75, 3.05) is 36.5 Å². The van der Waals surface area contributed by atoms with E-state index < -0.39 is 0 Å². The van der Waals surface area contributed by atoms with E-state index in [0.29, 0.717) is 11.9 Å². The van der Waals surface area contributed by atoms with Gasteiger partial charge in [0.05, 0.1) is 0 Å². The first-order valence-electron chi connectivity index (χ1n) is 7.44. The van der Waals surface area contributed by atoms with Gasteiger partial charge in [-0.3, -0.25) is 0 Å². The number of rotatable bonds is 5. The average molecular weight is 298 g/mol. The Bertz CT molecular complexity index is 432. The molecule has 0 amide bonds. The molecular weight excluding hydrogens is 274 g/mol. The number of anilines is 2. The predicted molar refractivity (Wildman–Crippen MR) is 83.6 cm³/mol. The summed E-state index contributed by atoms with van der Waals surface area (Å²) in [6, 6.07) is 0. The zero-order chi connectivity index (χ0) is 14.5. The van der Waals surface area contributed by atoms with Crippen LogP contribution in [0.25, 0.3) is 0 Å². The largest absolute Gasteiger partial charge is 0.344 e. The van der Waals surface area contributed by atoms with Crippen LogP contribution in [0, 0.1) is 5.92 Å². The van der Waals surface area contributed by atoms with Crippen LogP contribution in [-0.4, -0.2) is 41.6 Å². The van der Waals surface area contributed by atoms with Gasteiger partial charge in [0.25, 0.3) is 0 Å². The molecule has 0 unspecified atom stereocenters. The summed E-state index contributed by atoms with van der Waals surface area (Å²) in [7, 11) is 2.01. The molecule has 2 heterocycles. The van der Waals surface area contributed by atoms with Gasteiger partial charge in [0, 0.05) is 26.7 Å². The Morgan fingerprint density at radius 1 is 1.15 bits per heavy atom. The SMILES string of the molecule is CC(C)CCN(C)c1nc(Cl)nc(N2CCCCC2)n1. The van der Waals surface area contributed by atoms with Gasteiger partial charge in [-0.15, -0.1) is 0 Å². The Labute approximate surface area is 126 Å². The van der Waals surface area contributed by atoms with Crippen LogP contribution in [-0.2, 0) is 0 Å². The lowest BCUT2D eigenvalue weighted by Gasteiger charge is -2.27. The molecule has 1 aromatic heterocycles. The normalized spacial score (nSPS) is 15.8. The Balaban J connectivity index is 2.10. The summed E-state index contributed by atoms with van der Waals surface area (Å²) in [6.07, 6.45) is 4.79. The minimum Gasteiger partial charge on any atom is -0.344 e. The van der Waals surface area contributed by atoms with Crippen molar-refractivity contribution in [3.63, 3.8) is 0 Å². The summed E-state index contributed by atoms with van der Waals surface area (Å²) in [5.74, 6) is 2.05. The molecule has 0 radical (unpaired) electrons. The molecule has 0 atom stereocenters. The van der Waals surface area contributed by atoms with Gasteiger partial charge in [0.2, 0.25) is 17.2 Å². The van der Waals surface area contributed by atoms with Gasteiger partial charge in [-0.2, -0.15) is 15.0 Å². The third-order valence-electron chi connectivity index (χ3n) is 3.61. The van der Waals surface area contributed by atoms with E-state index in [1.54, 1.807) is 0 Å². The molecule has 0 aliphatic carbocycles. The molecule has 2 rings (SSSR count). The summed E-state index contributed by atoms with van der Waals surface area (Å²) < 4.78 is 0. The molecule has 1 saturated heterocycles. The monoisotopic (exact) mass is 297 g/mol. The zero-order valence-corrected chi connectivity index (χ0v) is 13.4. The van der Waals surface area contributed by atoms with Crippen LogP contribution in [0.2, 0.25) is 5.28 Å². The van der Waals surface area contributed by atoms with Crippen LogP contribution < -0.4 is 9.80 Å². The van der Waals surface area contributed by atoms with Crippen LogP contribution in [0.1, 0.15) is 39.5 Å². The second-order valence-electron chi connectivity index (χ2n) is 5.86. The van der Waals surface area contributed by atoms with Crippen LogP contribution in [0.15, 0.2) is 0 Å².